The molecule has 1 atom stereocenters. The van der Waals surface area contributed by atoms with E-state index in [2.05, 4.69) is 47.3 Å². The van der Waals surface area contributed by atoms with E-state index >= 15 is 4.39 Å². The molecule has 186 valence electrons. The van der Waals surface area contributed by atoms with E-state index in [4.69, 9.17) is 4.74 Å². The number of hydrogen-bond donors (Lipinski definition) is 1. The molecule has 0 radical (unpaired) electrons. The minimum atomic E-state index is -0.662. The Morgan fingerprint density at radius 1 is 1.03 bits per heavy atom. The zero-order valence-electron chi connectivity index (χ0n) is 19.9. The number of ether oxygens (including phenoxy) is 1. The van der Waals surface area contributed by atoms with Crippen molar-refractivity contribution in [1.82, 2.24) is 34.6 Å². The van der Waals surface area contributed by atoms with Crippen LogP contribution in [0.2, 0.25) is 0 Å². The van der Waals surface area contributed by atoms with Gasteiger partial charge in [-0.3, -0.25) is 0 Å². The Morgan fingerprint density at radius 3 is 2.64 bits per heavy atom. The molecule has 0 spiro atoms. The van der Waals surface area contributed by atoms with E-state index in [1.54, 1.807) is 12.1 Å². The number of halogens is 2. The summed E-state index contributed by atoms with van der Waals surface area (Å²) in [5, 5.41) is 11.5. The summed E-state index contributed by atoms with van der Waals surface area (Å²) in [6, 6.07) is 6.58. The minimum Gasteiger partial charge on any atom is -0.371 e. The van der Waals surface area contributed by atoms with Crippen molar-refractivity contribution in [2.45, 2.75) is 19.6 Å². The number of rotatable bonds is 4. The van der Waals surface area contributed by atoms with E-state index < -0.39 is 11.6 Å². The fourth-order valence-corrected chi connectivity index (χ4v) is 4.67. The van der Waals surface area contributed by atoms with Crippen LogP contribution in [0.4, 0.5) is 26.4 Å². The van der Waals surface area contributed by atoms with E-state index in [1.165, 1.54) is 6.07 Å². The highest BCUT2D eigenvalue weighted by Gasteiger charge is 2.24. The molecular formula is C24H25F2N9O. The quantitative estimate of drug-likeness (QED) is 0.460. The van der Waals surface area contributed by atoms with E-state index in [1.807, 2.05) is 17.6 Å². The fraction of sp³-hybridized carbons (Fsp3) is 0.375. The third-order valence-corrected chi connectivity index (χ3v) is 6.59. The third-order valence-electron chi connectivity index (χ3n) is 6.59. The molecule has 0 aliphatic carbocycles. The van der Waals surface area contributed by atoms with Crippen molar-refractivity contribution in [1.29, 1.82) is 0 Å². The Labute approximate surface area is 206 Å². The summed E-state index contributed by atoms with van der Waals surface area (Å²) in [5.41, 5.74) is 1.08. The molecule has 12 heteroatoms. The van der Waals surface area contributed by atoms with Gasteiger partial charge in [0, 0.05) is 31.7 Å². The number of imidazole rings is 1. The SMILES string of the molecule is CC1COCc2nc3c(F)cc(-c4nc(Nc5ccc(N6CCN(C)CC6)nn5)ncc4F)cc3n21. The third kappa shape index (κ3) is 4.11. The smallest absolute Gasteiger partial charge is 0.229 e. The van der Waals surface area contributed by atoms with E-state index in [-0.39, 0.29) is 23.2 Å². The Morgan fingerprint density at radius 2 is 1.86 bits per heavy atom. The van der Waals surface area contributed by atoms with Gasteiger partial charge >= 0.3 is 0 Å². The van der Waals surface area contributed by atoms with Crippen molar-refractivity contribution >= 4 is 28.6 Å². The Balaban J connectivity index is 1.28. The first-order chi connectivity index (χ1) is 17.5. The second-order valence-electron chi connectivity index (χ2n) is 9.17. The number of anilines is 3. The van der Waals surface area contributed by atoms with Gasteiger partial charge < -0.3 is 24.4 Å². The highest BCUT2D eigenvalue weighted by atomic mass is 19.1. The van der Waals surface area contributed by atoms with E-state index in [0.717, 1.165) is 38.2 Å². The standard InChI is InChI=1S/C24H25F2N9O/c1-14-12-36-13-21-29-23-16(25)9-15(10-18(23)35(14)21)22-17(26)11-27-24(30-22)28-19-3-4-20(32-31-19)34-7-5-33(2)6-8-34/h3-4,9-11,14H,5-8,12-13H2,1-2H3,(H,27,28,30,31). The maximum atomic E-state index is 15.0. The molecule has 1 unspecified atom stereocenters. The average molecular weight is 494 g/mol. The summed E-state index contributed by atoms with van der Waals surface area (Å²) in [4.78, 5) is 17.2. The number of piperazine rings is 1. The first-order valence-electron chi connectivity index (χ1n) is 11.8. The predicted molar refractivity (Wildman–Crippen MR) is 130 cm³/mol. The van der Waals surface area contributed by atoms with Crippen molar-refractivity contribution in [2.75, 3.05) is 50.1 Å². The van der Waals surface area contributed by atoms with Gasteiger partial charge in [-0.1, -0.05) is 0 Å². The van der Waals surface area contributed by atoms with Gasteiger partial charge in [0.15, 0.2) is 23.3 Å². The zero-order valence-corrected chi connectivity index (χ0v) is 19.9. The second kappa shape index (κ2) is 9.03. The fourth-order valence-electron chi connectivity index (χ4n) is 4.67. The molecule has 6 rings (SSSR count). The van der Waals surface area contributed by atoms with Gasteiger partial charge in [-0.15, -0.1) is 10.2 Å². The average Bonchev–Trinajstić information content (AvgIpc) is 3.27. The highest BCUT2D eigenvalue weighted by Crippen LogP contribution is 2.32. The predicted octanol–water partition coefficient (Wildman–Crippen LogP) is 3.15. The summed E-state index contributed by atoms with van der Waals surface area (Å²) in [5.74, 6) is 0.780. The van der Waals surface area contributed by atoms with Crippen LogP contribution in [0.3, 0.4) is 0 Å². The molecule has 1 saturated heterocycles. The van der Waals surface area contributed by atoms with Gasteiger partial charge in [0.1, 0.15) is 23.6 Å². The summed E-state index contributed by atoms with van der Waals surface area (Å²) in [6.45, 7) is 6.47. The number of hydrogen-bond acceptors (Lipinski definition) is 9. The van der Waals surface area contributed by atoms with Crippen LogP contribution in [0.5, 0.6) is 0 Å². The van der Waals surface area contributed by atoms with Crippen LogP contribution in [0.15, 0.2) is 30.5 Å². The lowest BCUT2D eigenvalue weighted by atomic mass is 10.1. The molecule has 0 amide bonds. The monoisotopic (exact) mass is 493 g/mol. The Kier molecular flexibility index (Phi) is 5.69. The lowest BCUT2D eigenvalue weighted by Crippen LogP contribution is -2.44. The van der Waals surface area contributed by atoms with E-state index in [9.17, 15) is 4.39 Å². The molecule has 1 fully saturated rings. The summed E-state index contributed by atoms with van der Waals surface area (Å²) < 4.78 is 37.3. The van der Waals surface area contributed by atoms with Crippen molar-refractivity contribution in [2.24, 2.45) is 0 Å². The zero-order chi connectivity index (χ0) is 24.8. The molecule has 2 aliphatic rings. The first kappa shape index (κ1) is 22.7. The second-order valence-corrected chi connectivity index (χ2v) is 9.17. The molecule has 3 aromatic heterocycles. The van der Waals surface area contributed by atoms with Crippen LogP contribution in [0, 0.1) is 11.6 Å². The Bertz CT molecular complexity index is 1420. The molecule has 1 aromatic carbocycles. The van der Waals surface area contributed by atoms with Crippen LogP contribution in [0.25, 0.3) is 22.3 Å². The number of nitrogens with zero attached hydrogens (tertiary/aromatic N) is 8. The van der Waals surface area contributed by atoms with Crippen LogP contribution in [-0.4, -0.2) is 74.4 Å². The van der Waals surface area contributed by atoms with E-state index in [0.29, 0.717) is 35.9 Å². The molecule has 10 nitrogen and oxygen atoms in total. The number of fused-ring (bicyclic) bond motifs is 3. The van der Waals surface area contributed by atoms with Gasteiger partial charge in [0.25, 0.3) is 0 Å². The van der Waals surface area contributed by atoms with Gasteiger partial charge in [-0.05, 0) is 38.2 Å². The molecule has 0 bridgehead atoms. The van der Waals surface area contributed by atoms with Crippen molar-refractivity contribution < 1.29 is 13.5 Å². The largest absolute Gasteiger partial charge is 0.371 e. The summed E-state index contributed by atoms with van der Waals surface area (Å²) >= 11 is 0. The van der Waals surface area contributed by atoms with Gasteiger partial charge in [-0.2, -0.15) is 0 Å². The van der Waals surface area contributed by atoms with Crippen LogP contribution in [0.1, 0.15) is 18.8 Å². The molecular weight excluding hydrogens is 468 g/mol. The molecule has 36 heavy (non-hydrogen) atoms. The first-order valence-corrected chi connectivity index (χ1v) is 11.8. The number of likely N-dealkylation sites (N-methyl/N-ethyl adjacent to an activating group) is 1. The topological polar surface area (TPSA) is 97.1 Å². The van der Waals surface area contributed by atoms with Crippen molar-refractivity contribution in [3.63, 3.8) is 0 Å². The maximum absolute atomic E-state index is 15.0. The molecule has 4 aromatic rings. The highest BCUT2D eigenvalue weighted by molar-refractivity contribution is 5.83. The molecule has 0 saturated carbocycles. The summed E-state index contributed by atoms with van der Waals surface area (Å²) in [7, 11) is 2.10. The van der Waals surface area contributed by atoms with Gasteiger partial charge in [-0.25, -0.2) is 23.7 Å². The van der Waals surface area contributed by atoms with Crippen molar-refractivity contribution in [3.8, 4) is 11.3 Å². The Hall–Kier alpha value is -3.77. The lowest BCUT2D eigenvalue weighted by molar-refractivity contribution is 0.0621. The number of benzene rings is 1. The molecule has 1 N–H and O–H groups in total. The van der Waals surface area contributed by atoms with Crippen LogP contribution in [-0.2, 0) is 11.3 Å². The van der Waals surface area contributed by atoms with Gasteiger partial charge in [0.05, 0.1) is 24.4 Å². The minimum absolute atomic E-state index is 0.0201. The molecule has 2 aliphatic heterocycles. The number of nitrogens with one attached hydrogen (secondary N) is 1. The van der Waals surface area contributed by atoms with Gasteiger partial charge in [0.2, 0.25) is 5.95 Å². The van der Waals surface area contributed by atoms with Crippen LogP contribution >= 0.6 is 0 Å². The summed E-state index contributed by atoms with van der Waals surface area (Å²) in [6.07, 6.45) is 1.06. The van der Waals surface area contributed by atoms with Crippen LogP contribution < -0.4 is 10.2 Å². The number of aromatic nitrogens is 6. The normalized spacial score (nSPS) is 18.4. The maximum Gasteiger partial charge on any atom is 0.229 e. The van der Waals surface area contributed by atoms with Crippen molar-refractivity contribution in [3.05, 3.63) is 47.9 Å². The molecule has 5 heterocycles. The lowest BCUT2D eigenvalue weighted by Gasteiger charge is -2.32.